The first-order valence-electron chi connectivity index (χ1n) is 17.6. The van der Waals surface area contributed by atoms with Gasteiger partial charge >= 0.3 is 17.9 Å². The third kappa shape index (κ3) is 13.0. The Kier molecular flexibility index (Phi) is 15.2. The van der Waals surface area contributed by atoms with Gasteiger partial charge in [-0.1, -0.05) is 112 Å². The maximum atomic E-state index is 13.6. The van der Waals surface area contributed by atoms with Gasteiger partial charge < -0.3 is 28.1 Å². The highest BCUT2D eigenvalue weighted by atomic mass is 28.4. The van der Waals surface area contributed by atoms with E-state index >= 15 is 0 Å². The molecule has 10 heteroatoms. The summed E-state index contributed by atoms with van der Waals surface area (Å²) >= 11 is 0. The fourth-order valence-electron chi connectivity index (χ4n) is 5.66. The monoisotopic (exact) mass is 720 g/mol. The van der Waals surface area contributed by atoms with Crippen LogP contribution in [-0.4, -0.2) is 69.5 Å². The minimum Gasteiger partial charge on any atom is -0.459 e. The van der Waals surface area contributed by atoms with E-state index in [9.17, 15) is 14.4 Å². The van der Waals surface area contributed by atoms with Crippen molar-refractivity contribution in [2.75, 3.05) is 19.8 Å². The summed E-state index contributed by atoms with van der Waals surface area (Å²) in [6.07, 6.45) is -1.98. The van der Waals surface area contributed by atoms with Crippen molar-refractivity contribution in [2.24, 2.45) is 0 Å². The van der Waals surface area contributed by atoms with Gasteiger partial charge in [-0.3, -0.25) is 0 Å². The van der Waals surface area contributed by atoms with Crippen LogP contribution in [0.4, 0.5) is 0 Å². The Morgan fingerprint density at radius 3 is 1.55 bits per heavy atom. The average Bonchev–Trinajstić information content (AvgIpc) is 3.05. The number of carbonyl (C=O) groups excluding carboxylic acids is 3. The molecule has 0 N–H and O–H groups in total. The van der Waals surface area contributed by atoms with Crippen molar-refractivity contribution in [3.8, 4) is 0 Å². The minimum atomic E-state index is -2.73. The molecule has 0 spiro atoms. The SMILES string of the molecule is CC(C)(C)OC(=O)CO[C@@H](C(=O)OC(C)(C)C)[C@@H](OCCCCO[Si](c1ccccc1)(c1ccccc1)C(C)(C)C)C(=O)OCc1ccccc1. The molecule has 0 aliphatic carbocycles. The largest absolute Gasteiger partial charge is 0.459 e. The smallest absolute Gasteiger partial charge is 0.339 e. The maximum absolute atomic E-state index is 13.6. The Morgan fingerprint density at radius 1 is 0.588 bits per heavy atom. The van der Waals surface area contributed by atoms with Gasteiger partial charge in [0.1, 0.15) is 24.4 Å². The van der Waals surface area contributed by atoms with Crippen molar-refractivity contribution in [1.82, 2.24) is 0 Å². The van der Waals surface area contributed by atoms with Crippen molar-refractivity contribution in [1.29, 1.82) is 0 Å². The number of esters is 3. The van der Waals surface area contributed by atoms with E-state index in [1.165, 1.54) is 10.4 Å². The number of unbranched alkanes of at least 4 members (excludes halogenated alkanes) is 1. The number of benzene rings is 3. The van der Waals surface area contributed by atoms with Crippen LogP contribution >= 0.6 is 0 Å². The van der Waals surface area contributed by atoms with E-state index in [4.69, 9.17) is 28.1 Å². The molecular formula is C41H56O9Si. The normalized spacial score (nSPS) is 13.6. The zero-order valence-electron chi connectivity index (χ0n) is 31.7. The Balaban J connectivity index is 1.79. The van der Waals surface area contributed by atoms with Gasteiger partial charge in [-0.2, -0.15) is 0 Å². The molecule has 0 aromatic heterocycles. The van der Waals surface area contributed by atoms with Crippen molar-refractivity contribution < 1.29 is 42.5 Å². The molecule has 9 nitrogen and oxygen atoms in total. The third-order valence-electron chi connectivity index (χ3n) is 7.74. The molecular weight excluding hydrogens is 665 g/mol. The number of rotatable bonds is 17. The second kappa shape index (κ2) is 18.6. The predicted octanol–water partition coefficient (Wildman–Crippen LogP) is 6.54. The molecule has 0 radical (unpaired) electrons. The van der Waals surface area contributed by atoms with Gasteiger partial charge in [-0.05, 0) is 75.4 Å². The molecule has 0 fully saturated rings. The van der Waals surface area contributed by atoms with Gasteiger partial charge in [0, 0.05) is 13.2 Å². The molecule has 0 amide bonds. The quantitative estimate of drug-likeness (QED) is 0.0665. The average molecular weight is 721 g/mol. The van der Waals surface area contributed by atoms with Crippen LogP contribution < -0.4 is 10.4 Å². The summed E-state index contributed by atoms with van der Waals surface area (Å²) < 4.78 is 35.4. The van der Waals surface area contributed by atoms with Gasteiger partial charge in [0.2, 0.25) is 0 Å². The van der Waals surface area contributed by atoms with Crippen LogP contribution in [-0.2, 0) is 49.1 Å². The Morgan fingerprint density at radius 2 is 1.06 bits per heavy atom. The molecule has 3 rings (SSSR count). The zero-order chi connectivity index (χ0) is 37.7. The van der Waals surface area contributed by atoms with E-state index < -0.39 is 56.2 Å². The molecule has 0 bridgehead atoms. The molecule has 0 heterocycles. The highest BCUT2D eigenvalue weighted by molar-refractivity contribution is 6.99. The second-order valence-corrected chi connectivity index (χ2v) is 19.8. The molecule has 2 atom stereocenters. The summed E-state index contributed by atoms with van der Waals surface area (Å²) in [5.41, 5.74) is -0.918. The topological polar surface area (TPSA) is 107 Å². The summed E-state index contributed by atoms with van der Waals surface area (Å²) in [5, 5.41) is 2.19. The van der Waals surface area contributed by atoms with Crippen molar-refractivity contribution >= 4 is 36.6 Å². The molecule has 3 aromatic carbocycles. The summed E-state index contributed by atoms with van der Waals surface area (Å²) in [7, 11) is -2.73. The molecule has 0 aliphatic rings. The fraction of sp³-hybridized carbons (Fsp3) is 0.488. The highest BCUT2D eigenvalue weighted by Gasteiger charge is 2.50. The van der Waals surface area contributed by atoms with Gasteiger partial charge in [0.05, 0.1) is 0 Å². The van der Waals surface area contributed by atoms with E-state index in [-0.39, 0.29) is 18.3 Å². The first-order chi connectivity index (χ1) is 23.9. The number of hydrogen-bond acceptors (Lipinski definition) is 9. The van der Waals surface area contributed by atoms with Gasteiger partial charge in [-0.15, -0.1) is 0 Å². The maximum Gasteiger partial charge on any atom is 0.339 e. The second-order valence-electron chi connectivity index (χ2n) is 15.5. The van der Waals surface area contributed by atoms with Crippen molar-refractivity contribution in [3.63, 3.8) is 0 Å². The highest BCUT2D eigenvalue weighted by Crippen LogP contribution is 2.36. The van der Waals surface area contributed by atoms with Crippen LogP contribution in [0, 0.1) is 0 Å². The molecule has 0 saturated heterocycles. The van der Waals surface area contributed by atoms with E-state index in [0.717, 1.165) is 5.56 Å². The summed E-state index contributed by atoms with van der Waals surface area (Å²) in [6.45, 7) is 16.8. The Hall–Kier alpha value is -3.83. The number of hydrogen-bond donors (Lipinski definition) is 0. The summed E-state index contributed by atoms with van der Waals surface area (Å²) in [6, 6.07) is 30.0. The van der Waals surface area contributed by atoms with Crippen LogP contribution in [0.1, 0.15) is 80.7 Å². The van der Waals surface area contributed by atoms with E-state index in [1.807, 2.05) is 66.7 Å². The van der Waals surface area contributed by atoms with Crippen molar-refractivity contribution in [2.45, 2.75) is 110 Å². The predicted molar refractivity (Wildman–Crippen MR) is 200 cm³/mol. The van der Waals surface area contributed by atoms with Crippen LogP contribution in [0.2, 0.25) is 5.04 Å². The third-order valence-corrected chi connectivity index (χ3v) is 12.8. The van der Waals surface area contributed by atoms with Crippen LogP contribution in [0.15, 0.2) is 91.0 Å². The number of ether oxygens (including phenoxy) is 5. The Bertz CT molecular complexity index is 1470. The number of carbonyl (C=O) groups is 3. The van der Waals surface area contributed by atoms with Gasteiger partial charge in [-0.25, -0.2) is 14.4 Å². The summed E-state index contributed by atoms with van der Waals surface area (Å²) in [5.74, 6) is -2.38. The Labute approximate surface area is 305 Å². The molecule has 0 saturated carbocycles. The lowest BCUT2D eigenvalue weighted by molar-refractivity contribution is -0.194. The van der Waals surface area contributed by atoms with Crippen LogP contribution in [0.3, 0.4) is 0 Å². The van der Waals surface area contributed by atoms with E-state index in [0.29, 0.717) is 19.4 Å². The summed E-state index contributed by atoms with van der Waals surface area (Å²) in [4.78, 5) is 39.7. The molecule has 278 valence electrons. The lowest BCUT2D eigenvalue weighted by Crippen LogP contribution is -2.66. The standard InChI is InChI=1S/C41H56O9Si/c1-39(2,3)49-34(42)30-46-36(38(44)50-40(4,5)6)35(37(43)47-29-31-21-13-10-14-22-31)45-27-19-20-28-48-51(41(7,8)9,32-23-15-11-16-24-32)33-25-17-12-18-26-33/h10-18,21-26,35-36H,19-20,27-30H2,1-9H3/t35-,36-/m1/s1. The first kappa shape index (κ1) is 41.6. The van der Waals surface area contributed by atoms with Crippen molar-refractivity contribution in [3.05, 3.63) is 96.6 Å². The van der Waals surface area contributed by atoms with Crippen LogP contribution in [0.5, 0.6) is 0 Å². The molecule has 51 heavy (non-hydrogen) atoms. The van der Waals surface area contributed by atoms with Crippen LogP contribution in [0.25, 0.3) is 0 Å². The molecule has 3 aromatic rings. The molecule has 0 aliphatic heterocycles. The van der Waals surface area contributed by atoms with E-state index in [1.54, 1.807) is 41.5 Å². The minimum absolute atomic E-state index is 0.0427. The lowest BCUT2D eigenvalue weighted by atomic mass is 10.1. The first-order valence-corrected chi connectivity index (χ1v) is 19.5. The lowest BCUT2D eigenvalue weighted by Gasteiger charge is -2.43. The molecule has 0 unspecified atom stereocenters. The zero-order valence-corrected chi connectivity index (χ0v) is 32.7. The van der Waals surface area contributed by atoms with E-state index in [2.05, 4.69) is 45.0 Å². The van der Waals surface area contributed by atoms with Gasteiger partial charge in [0.15, 0.2) is 12.2 Å². The fourth-order valence-corrected chi connectivity index (χ4v) is 10.3. The van der Waals surface area contributed by atoms with Gasteiger partial charge in [0.25, 0.3) is 8.32 Å².